The number of benzene rings is 1. The summed E-state index contributed by atoms with van der Waals surface area (Å²) in [5, 5.41) is 7.73. The smallest absolute Gasteiger partial charge is 0.248 e. The molecule has 2 amide bonds. The van der Waals surface area contributed by atoms with Gasteiger partial charge in [0.25, 0.3) is 0 Å². The van der Waals surface area contributed by atoms with E-state index in [-0.39, 0.29) is 11.8 Å². The molecule has 0 bridgehead atoms. The second-order valence-electron chi connectivity index (χ2n) is 8.37. The molecule has 3 aromatic rings. The Morgan fingerprint density at radius 1 is 1.06 bits per heavy atom. The zero-order chi connectivity index (χ0) is 21.4. The summed E-state index contributed by atoms with van der Waals surface area (Å²) < 4.78 is 1.98. The second-order valence-corrected chi connectivity index (χ2v) is 8.37. The monoisotopic (exact) mass is 418 g/mol. The number of aromatic nitrogens is 3. The molecule has 1 saturated heterocycles. The summed E-state index contributed by atoms with van der Waals surface area (Å²) in [6, 6.07) is 6.67. The molecule has 0 saturated carbocycles. The highest BCUT2D eigenvalue weighted by atomic mass is 16.2. The Labute approximate surface area is 180 Å². The Kier molecular flexibility index (Phi) is 5.05. The molecule has 0 unspecified atom stereocenters. The molecule has 8 nitrogen and oxygen atoms in total. The van der Waals surface area contributed by atoms with Gasteiger partial charge in [-0.3, -0.25) is 9.59 Å². The van der Waals surface area contributed by atoms with E-state index in [2.05, 4.69) is 10.2 Å². The summed E-state index contributed by atoms with van der Waals surface area (Å²) >= 11 is 0. The number of fused-ring (bicyclic) bond motifs is 3. The van der Waals surface area contributed by atoms with Crippen molar-refractivity contribution >= 4 is 28.8 Å². The van der Waals surface area contributed by atoms with Gasteiger partial charge < -0.3 is 16.0 Å². The molecule has 8 heteroatoms. The van der Waals surface area contributed by atoms with Crippen LogP contribution in [0.3, 0.4) is 0 Å². The number of carbonyl (C=O) groups excluding carboxylic acids is 2. The normalized spacial score (nSPS) is 16.8. The summed E-state index contributed by atoms with van der Waals surface area (Å²) in [7, 11) is 0. The second kappa shape index (κ2) is 8.02. The number of hydrogen-bond acceptors (Lipinski definition) is 5. The zero-order valence-electron chi connectivity index (χ0n) is 17.4. The molecular weight excluding hydrogens is 392 g/mol. The highest BCUT2D eigenvalue weighted by molar-refractivity contribution is 5.95. The molecule has 2 aromatic heterocycles. The van der Waals surface area contributed by atoms with Crippen LogP contribution in [0.5, 0.6) is 0 Å². The third-order valence-electron chi connectivity index (χ3n) is 6.40. The van der Waals surface area contributed by atoms with Crippen LogP contribution in [0.25, 0.3) is 5.52 Å². The van der Waals surface area contributed by atoms with Gasteiger partial charge in [-0.05, 0) is 62.8 Å². The van der Waals surface area contributed by atoms with Crippen LogP contribution in [0.15, 0.2) is 36.7 Å². The molecule has 1 aromatic carbocycles. The number of anilines is 2. The van der Waals surface area contributed by atoms with Crippen molar-refractivity contribution in [1.82, 2.24) is 14.6 Å². The topological polar surface area (TPSA) is 106 Å². The zero-order valence-corrected chi connectivity index (χ0v) is 17.4. The van der Waals surface area contributed by atoms with Crippen LogP contribution in [0, 0.1) is 5.92 Å². The van der Waals surface area contributed by atoms with Gasteiger partial charge in [-0.1, -0.05) is 0 Å². The van der Waals surface area contributed by atoms with E-state index in [4.69, 9.17) is 15.8 Å². The SMILES string of the molecule is NC(=O)c1ccc(NC(=O)C2CCN(c3nccn4nc5c(c34)CCCC5)CC2)cc1. The van der Waals surface area contributed by atoms with Crippen LogP contribution >= 0.6 is 0 Å². The number of rotatable bonds is 4. The first-order valence-corrected chi connectivity index (χ1v) is 10.9. The van der Waals surface area contributed by atoms with Crippen molar-refractivity contribution in [3.8, 4) is 0 Å². The summed E-state index contributed by atoms with van der Waals surface area (Å²) in [5.41, 5.74) is 10.0. The van der Waals surface area contributed by atoms with E-state index in [0.717, 1.165) is 50.1 Å². The summed E-state index contributed by atoms with van der Waals surface area (Å²) in [5.74, 6) is 0.470. The van der Waals surface area contributed by atoms with Crippen molar-refractivity contribution in [2.24, 2.45) is 11.7 Å². The Balaban J connectivity index is 1.27. The van der Waals surface area contributed by atoms with Crippen molar-refractivity contribution in [3.05, 3.63) is 53.5 Å². The maximum absolute atomic E-state index is 12.7. The maximum Gasteiger partial charge on any atom is 0.248 e. The van der Waals surface area contributed by atoms with E-state index in [9.17, 15) is 9.59 Å². The Bertz CT molecular complexity index is 1130. The molecule has 160 valence electrons. The standard InChI is InChI=1S/C23H26N6O2/c24-21(30)15-5-7-17(8-6-15)26-23(31)16-9-12-28(13-10-16)22-20-18-3-1-2-4-19(18)27-29(20)14-11-25-22/h5-8,11,14,16H,1-4,9-10,12-13H2,(H2,24,30)(H,26,31). The van der Waals surface area contributed by atoms with Crippen LogP contribution < -0.4 is 16.0 Å². The van der Waals surface area contributed by atoms with Gasteiger partial charge >= 0.3 is 0 Å². The summed E-state index contributed by atoms with van der Waals surface area (Å²) in [4.78, 5) is 30.9. The van der Waals surface area contributed by atoms with E-state index in [1.54, 1.807) is 24.3 Å². The minimum Gasteiger partial charge on any atom is -0.366 e. The van der Waals surface area contributed by atoms with Crippen LogP contribution in [0.2, 0.25) is 0 Å². The quantitative estimate of drug-likeness (QED) is 0.677. The van der Waals surface area contributed by atoms with Crippen molar-refractivity contribution in [2.75, 3.05) is 23.3 Å². The van der Waals surface area contributed by atoms with E-state index in [1.165, 1.54) is 24.1 Å². The van der Waals surface area contributed by atoms with Crippen LogP contribution in [0.4, 0.5) is 11.5 Å². The number of piperidine rings is 1. The lowest BCUT2D eigenvalue weighted by molar-refractivity contribution is -0.120. The molecule has 31 heavy (non-hydrogen) atoms. The van der Waals surface area contributed by atoms with Crippen molar-refractivity contribution in [3.63, 3.8) is 0 Å². The number of amides is 2. The molecule has 5 rings (SSSR count). The van der Waals surface area contributed by atoms with Gasteiger partial charge in [0.1, 0.15) is 5.52 Å². The molecular formula is C23H26N6O2. The number of hydrogen-bond donors (Lipinski definition) is 2. The predicted octanol–water partition coefficient (Wildman–Crippen LogP) is 2.56. The first-order valence-electron chi connectivity index (χ1n) is 10.9. The van der Waals surface area contributed by atoms with E-state index < -0.39 is 5.91 Å². The number of aryl methyl sites for hydroxylation is 2. The highest BCUT2D eigenvalue weighted by Crippen LogP contribution is 2.32. The van der Waals surface area contributed by atoms with Gasteiger partial charge in [0.05, 0.1) is 5.69 Å². The molecule has 2 aliphatic rings. The molecule has 1 fully saturated rings. The molecule has 0 atom stereocenters. The van der Waals surface area contributed by atoms with Gasteiger partial charge in [0.2, 0.25) is 11.8 Å². The fraction of sp³-hybridized carbons (Fsp3) is 0.391. The molecule has 0 radical (unpaired) electrons. The van der Waals surface area contributed by atoms with E-state index >= 15 is 0 Å². The third kappa shape index (κ3) is 3.73. The van der Waals surface area contributed by atoms with Crippen LogP contribution in [-0.2, 0) is 17.6 Å². The number of primary amides is 1. The minimum absolute atomic E-state index is 0.0133. The summed E-state index contributed by atoms with van der Waals surface area (Å²) in [6.07, 6.45) is 9.78. The average molecular weight is 419 g/mol. The van der Waals surface area contributed by atoms with Crippen LogP contribution in [0.1, 0.15) is 47.3 Å². The molecule has 0 spiro atoms. The average Bonchev–Trinajstić information content (AvgIpc) is 3.18. The van der Waals surface area contributed by atoms with Gasteiger partial charge in [0, 0.05) is 48.2 Å². The van der Waals surface area contributed by atoms with Gasteiger partial charge in [-0.15, -0.1) is 0 Å². The number of nitrogens with two attached hydrogens (primary N) is 1. The fourth-order valence-corrected chi connectivity index (χ4v) is 4.69. The first-order chi connectivity index (χ1) is 15.1. The predicted molar refractivity (Wildman–Crippen MR) is 118 cm³/mol. The lowest BCUT2D eigenvalue weighted by Crippen LogP contribution is -2.38. The van der Waals surface area contributed by atoms with Gasteiger partial charge in [-0.2, -0.15) is 5.10 Å². The molecule has 1 aliphatic carbocycles. The summed E-state index contributed by atoms with van der Waals surface area (Å²) in [6.45, 7) is 1.57. The maximum atomic E-state index is 12.7. The first kappa shape index (κ1) is 19.5. The molecule has 3 N–H and O–H groups in total. The third-order valence-corrected chi connectivity index (χ3v) is 6.40. The minimum atomic E-state index is -0.478. The van der Waals surface area contributed by atoms with E-state index in [0.29, 0.717) is 11.3 Å². The lowest BCUT2D eigenvalue weighted by atomic mass is 9.94. The number of carbonyl (C=O) groups is 2. The van der Waals surface area contributed by atoms with Gasteiger partial charge in [-0.25, -0.2) is 9.50 Å². The van der Waals surface area contributed by atoms with Gasteiger partial charge in [0.15, 0.2) is 5.82 Å². The highest BCUT2D eigenvalue weighted by Gasteiger charge is 2.28. The Morgan fingerprint density at radius 3 is 2.55 bits per heavy atom. The van der Waals surface area contributed by atoms with Crippen molar-refractivity contribution < 1.29 is 9.59 Å². The fourth-order valence-electron chi connectivity index (χ4n) is 4.69. The molecule has 3 heterocycles. The van der Waals surface area contributed by atoms with Crippen molar-refractivity contribution in [2.45, 2.75) is 38.5 Å². The van der Waals surface area contributed by atoms with Crippen LogP contribution in [-0.4, -0.2) is 39.5 Å². The van der Waals surface area contributed by atoms with Crippen molar-refractivity contribution in [1.29, 1.82) is 0 Å². The largest absolute Gasteiger partial charge is 0.366 e. The van der Waals surface area contributed by atoms with E-state index in [1.807, 2.05) is 16.9 Å². The Morgan fingerprint density at radius 2 is 1.81 bits per heavy atom. The number of nitrogens with one attached hydrogen (secondary N) is 1. The lowest BCUT2D eigenvalue weighted by Gasteiger charge is -2.32. The molecule has 1 aliphatic heterocycles. The Hall–Kier alpha value is -3.42. The number of nitrogens with zero attached hydrogens (tertiary/aromatic N) is 4.